The van der Waals surface area contributed by atoms with Gasteiger partial charge in [-0.15, -0.1) is 0 Å². The van der Waals surface area contributed by atoms with Crippen molar-refractivity contribution >= 4 is 26.0 Å². The van der Waals surface area contributed by atoms with Crippen molar-refractivity contribution in [2.24, 2.45) is 0 Å². The van der Waals surface area contributed by atoms with Gasteiger partial charge in [-0.3, -0.25) is 9.54 Å². The first kappa shape index (κ1) is 12.0. The predicted octanol–water partition coefficient (Wildman–Crippen LogP) is 2.15. The molecule has 1 aliphatic carbocycles. The van der Waals surface area contributed by atoms with Gasteiger partial charge in [-0.1, -0.05) is 0 Å². The second kappa shape index (κ2) is 4.43. The Labute approximate surface area is 103 Å². The number of pyridine rings is 1. The molecule has 0 aromatic carbocycles. The maximum absolute atomic E-state index is 10.9. The Kier molecular flexibility index (Phi) is 3.32. The van der Waals surface area contributed by atoms with E-state index in [-0.39, 0.29) is 11.7 Å². The maximum Gasteiger partial charge on any atom is 0.265 e. The molecule has 4 nitrogen and oxygen atoms in total. The van der Waals surface area contributed by atoms with Crippen LogP contribution in [0.25, 0.3) is 0 Å². The molecule has 2 rings (SSSR count). The molecule has 16 heavy (non-hydrogen) atoms. The summed E-state index contributed by atoms with van der Waals surface area (Å²) in [4.78, 5) is 4.05. The summed E-state index contributed by atoms with van der Waals surface area (Å²) in [7, 11) is -3.92. The van der Waals surface area contributed by atoms with Crippen LogP contribution in [0.2, 0.25) is 0 Å². The number of rotatable bonds is 2. The van der Waals surface area contributed by atoms with Gasteiger partial charge in [-0.2, -0.15) is 8.42 Å². The lowest BCUT2D eigenvalue weighted by molar-refractivity contribution is 0.469. The first-order valence-electron chi connectivity index (χ1n) is 5.05. The SMILES string of the molecule is O=S(=O)(O)CC1CCCc2c(Br)cncc21. The second-order valence-electron chi connectivity index (χ2n) is 4.03. The Balaban J connectivity index is 2.37. The Morgan fingerprint density at radius 1 is 1.50 bits per heavy atom. The molecule has 0 amide bonds. The highest BCUT2D eigenvalue weighted by atomic mass is 79.9. The van der Waals surface area contributed by atoms with E-state index in [1.165, 1.54) is 0 Å². The van der Waals surface area contributed by atoms with E-state index in [4.69, 9.17) is 4.55 Å². The average molecular weight is 306 g/mol. The molecule has 0 spiro atoms. The van der Waals surface area contributed by atoms with Crippen molar-refractivity contribution in [3.8, 4) is 0 Å². The van der Waals surface area contributed by atoms with Crippen LogP contribution in [0.3, 0.4) is 0 Å². The van der Waals surface area contributed by atoms with Crippen molar-refractivity contribution in [2.45, 2.75) is 25.2 Å². The summed E-state index contributed by atoms with van der Waals surface area (Å²) in [6, 6.07) is 0. The number of hydrogen-bond donors (Lipinski definition) is 1. The zero-order valence-corrected chi connectivity index (χ0v) is 11.0. The van der Waals surface area contributed by atoms with Crippen LogP contribution in [0.15, 0.2) is 16.9 Å². The molecule has 1 aliphatic rings. The van der Waals surface area contributed by atoms with Gasteiger partial charge in [0.15, 0.2) is 0 Å². The van der Waals surface area contributed by atoms with E-state index < -0.39 is 10.1 Å². The first-order chi connectivity index (χ1) is 7.47. The maximum atomic E-state index is 10.9. The third-order valence-corrected chi connectivity index (χ3v) is 4.38. The van der Waals surface area contributed by atoms with Crippen LogP contribution in [-0.4, -0.2) is 23.7 Å². The van der Waals surface area contributed by atoms with Gasteiger partial charge in [0.1, 0.15) is 0 Å². The fourth-order valence-electron chi connectivity index (χ4n) is 2.20. The molecule has 6 heteroatoms. The van der Waals surface area contributed by atoms with Gasteiger partial charge in [-0.25, -0.2) is 0 Å². The normalized spacial score (nSPS) is 20.5. The van der Waals surface area contributed by atoms with Crippen molar-refractivity contribution in [2.75, 3.05) is 5.75 Å². The zero-order chi connectivity index (χ0) is 11.8. The van der Waals surface area contributed by atoms with E-state index in [9.17, 15) is 8.42 Å². The third kappa shape index (κ3) is 2.61. The van der Waals surface area contributed by atoms with Gasteiger partial charge in [0.25, 0.3) is 10.1 Å². The van der Waals surface area contributed by atoms with Gasteiger partial charge < -0.3 is 0 Å². The molecule has 0 radical (unpaired) electrons. The second-order valence-corrected chi connectivity index (χ2v) is 6.38. The third-order valence-electron chi connectivity index (χ3n) is 2.87. The quantitative estimate of drug-likeness (QED) is 0.850. The topological polar surface area (TPSA) is 67.3 Å². The van der Waals surface area contributed by atoms with E-state index in [0.717, 1.165) is 34.9 Å². The van der Waals surface area contributed by atoms with Crippen LogP contribution in [0.5, 0.6) is 0 Å². The molecular formula is C10H12BrNO3S. The van der Waals surface area contributed by atoms with E-state index >= 15 is 0 Å². The molecule has 0 bridgehead atoms. The molecule has 1 unspecified atom stereocenters. The first-order valence-corrected chi connectivity index (χ1v) is 7.45. The highest BCUT2D eigenvalue weighted by Gasteiger charge is 2.25. The summed E-state index contributed by atoms with van der Waals surface area (Å²) < 4.78 is 31.7. The molecule has 1 aromatic rings. The van der Waals surface area contributed by atoms with Crippen LogP contribution in [0.1, 0.15) is 29.9 Å². The molecular weight excluding hydrogens is 294 g/mol. The summed E-state index contributed by atoms with van der Waals surface area (Å²) in [5, 5.41) is 0. The average Bonchev–Trinajstić information content (AvgIpc) is 2.17. The fraction of sp³-hybridized carbons (Fsp3) is 0.500. The minimum absolute atomic E-state index is 0.135. The number of fused-ring (bicyclic) bond motifs is 1. The number of nitrogens with zero attached hydrogens (tertiary/aromatic N) is 1. The lowest BCUT2D eigenvalue weighted by Gasteiger charge is -2.24. The van der Waals surface area contributed by atoms with Crippen LogP contribution in [0, 0.1) is 0 Å². The van der Waals surface area contributed by atoms with Crippen molar-refractivity contribution in [1.82, 2.24) is 4.98 Å². The predicted molar refractivity (Wildman–Crippen MR) is 64.0 cm³/mol. The van der Waals surface area contributed by atoms with Crippen LogP contribution in [0.4, 0.5) is 0 Å². The number of hydrogen-bond acceptors (Lipinski definition) is 3. The van der Waals surface area contributed by atoms with Gasteiger partial charge in [0.05, 0.1) is 5.75 Å². The van der Waals surface area contributed by atoms with Gasteiger partial charge in [0.2, 0.25) is 0 Å². The van der Waals surface area contributed by atoms with Crippen LogP contribution in [-0.2, 0) is 16.5 Å². The van der Waals surface area contributed by atoms with Gasteiger partial charge in [-0.05, 0) is 46.3 Å². The monoisotopic (exact) mass is 305 g/mol. The summed E-state index contributed by atoms with van der Waals surface area (Å²) in [6.45, 7) is 0. The highest BCUT2D eigenvalue weighted by molar-refractivity contribution is 9.10. The number of halogens is 1. The fourth-order valence-corrected chi connectivity index (χ4v) is 3.60. The van der Waals surface area contributed by atoms with E-state index in [1.807, 2.05) is 0 Å². The van der Waals surface area contributed by atoms with Crippen molar-refractivity contribution in [3.05, 3.63) is 28.0 Å². The minimum atomic E-state index is -3.92. The van der Waals surface area contributed by atoms with Crippen molar-refractivity contribution in [3.63, 3.8) is 0 Å². The largest absolute Gasteiger partial charge is 0.286 e. The molecule has 1 heterocycles. The Morgan fingerprint density at radius 3 is 2.94 bits per heavy atom. The van der Waals surface area contributed by atoms with Crippen LogP contribution >= 0.6 is 15.9 Å². The van der Waals surface area contributed by atoms with Gasteiger partial charge >= 0.3 is 0 Å². The molecule has 1 N–H and O–H groups in total. The summed E-state index contributed by atoms with van der Waals surface area (Å²) in [5.74, 6) is -0.346. The lowest BCUT2D eigenvalue weighted by atomic mass is 9.85. The highest BCUT2D eigenvalue weighted by Crippen LogP contribution is 2.35. The van der Waals surface area contributed by atoms with E-state index in [0.29, 0.717) is 0 Å². The van der Waals surface area contributed by atoms with Crippen molar-refractivity contribution < 1.29 is 13.0 Å². The zero-order valence-electron chi connectivity index (χ0n) is 8.56. The van der Waals surface area contributed by atoms with E-state index in [2.05, 4.69) is 20.9 Å². The molecule has 1 aromatic heterocycles. The van der Waals surface area contributed by atoms with Crippen molar-refractivity contribution in [1.29, 1.82) is 0 Å². The molecule has 88 valence electrons. The molecule has 0 fully saturated rings. The standard InChI is InChI=1S/C10H12BrNO3S/c11-10-5-12-4-9-7(6-16(13,14)15)2-1-3-8(9)10/h4-5,7H,1-3,6H2,(H,13,14,15). The number of aromatic nitrogens is 1. The van der Waals surface area contributed by atoms with Crippen LogP contribution < -0.4 is 0 Å². The molecule has 1 atom stereocenters. The Bertz CT molecular complexity index is 501. The lowest BCUT2D eigenvalue weighted by Crippen LogP contribution is -2.19. The molecule has 0 aliphatic heterocycles. The molecule has 0 saturated carbocycles. The Morgan fingerprint density at radius 2 is 2.25 bits per heavy atom. The summed E-state index contributed by atoms with van der Waals surface area (Å²) in [6.07, 6.45) is 6.07. The van der Waals surface area contributed by atoms with E-state index in [1.54, 1.807) is 12.4 Å². The minimum Gasteiger partial charge on any atom is -0.286 e. The molecule has 0 saturated heterocycles. The summed E-state index contributed by atoms with van der Waals surface area (Å²) in [5.41, 5.74) is 2.06. The van der Waals surface area contributed by atoms with Gasteiger partial charge in [0, 0.05) is 22.8 Å². The smallest absolute Gasteiger partial charge is 0.265 e. The summed E-state index contributed by atoms with van der Waals surface area (Å²) >= 11 is 3.41. The Hall–Kier alpha value is -0.460.